The van der Waals surface area contributed by atoms with E-state index in [2.05, 4.69) is 5.32 Å². The topological polar surface area (TPSA) is 198 Å². The van der Waals surface area contributed by atoms with E-state index >= 15 is 0 Å². The first-order valence-corrected chi connectivity index (χ1v) is 16.6. The number of halogens is 1. The summed E-state index contributed by atoms with van der Waals surface area (Å²) in [7, 11) is 0. The van der Waals surface area contributed by atoms with Gasteiger partial charge in [-0.3, -0.25) is 24.0 Å². The third kappa shape index (κ3) is 25.5. The van der Waals surface area contributed by atoms with Crippen LogP contribution in [0.15, 0.2) is 60.7 Å². The van der Waals surface area contributed by atoms with Crippen molar-refractivity contribution in [2.45, 2.75) is 119 Å². The highest BCUT2D eigenvalue weighted by Crippen LogP contribution is 2.14. The number of ketones is 1. The molecule has 0 aliphatic carbocycles. The minimum Gasteiger partial charge on any atom is -0.481 e. The first-order valence-electron chi connectivity index (χ1n) is 16.6. The number of aliphatic carboxylic acids is 1. The van der Waals surface area contributed by atoms with E-state index in [4.69, 9.17) is 29.8 Å². The van der Waals surface area contributed by atoms with Crippen molar-refractivity contribution in [2.24, 2.45) is 17.6 Å². The van der Waals surface area contributed by atoms with Gasteiger partial charge < -0.3 is 35.1 Å². The number of esters is 3. The van der Waals surface area contributed by atoms with Gasteiger partial charge in [0.25, 0.3) is 0 Å². The molecule has 0 aliphatic rings. The Hall–Kier alpha value is -4.49. The normalized spacial score (nSPS) is 12.9. The van der Waals surface area contributed by atoms with Crippen LogP contribution < -0.4 is 11.1 Å². The second kappa shape index (κ2) is 24.7. The number of carbonyl (C=O) groups excluding carboxylic acids is 5. The monoisotopic (exact) mass is 752 g/mol. The van der Waals surface area contributed by atoms with Crippen LogP contribution in [0.3, 0.4) is 0 Å². The van der Waals surface area contributed by atoms with Gasteiger partial charge in [-0.15, -0.1) is 12.4 Å². The van der Waals surface area contributed by atoms with Crippen LogP contribution in [0.5, 0.6) is 0 Å². The smallest absolute Gasteiger partial charge is 0.408 e. The van der Waals surface area contributed by atoms with E-state index in [1.54, 1.807) is 41.5 Å². The molecular weight excluding hydrogens is 696 g/mol. The number of rotatable bonds is 13. The fourth-order valence-corrected chi connectivity index (χ4v) is 3.52. The molecule has 52 heavy (non-hydrogen) atoms. The molecule has 1 amide bonds. The first-order chi connectivity index (χ1) is 23.5. The van der Waals surface area contributed by atoms with Gasteiger partial charge in [-0.05, 0) is 66.5 Å². The molecule has 4 N–H and O–H groups in total. The van der Waals surface area contributed by atoms with Crippen molar-refractivity contribution in [2.75, 3.05) is 0 Å². The highest BCUT2D eigenvalue weighted by atomic mass is 35.5. The molecule has 14 heteroatoms. The van der Waals surface area contributed by atoms with Gasteiger partial charge in [0.1, 0.15) is 30.5 Å². The van der Waals surface area contributed by atoms with Gasteiger partial charge in [-0.1, -0.05) is 74.5 Å². The predicted octanol–water partition coefficient (Wildman–Crippen LogP) is 6.18. The predicted molar refractivity (Wildman–Crippen MR) is 198 cm³/mol. The molecular formula is C38H57ClN2O11. The maximum Gasteiger partial charge on any atom is 0.408 e. The second-order valence-corrected chi connectivity index (χ2v) is 13.9. The molecule has 0 saturated carbocycles. The number of amides is 1. The Morgan fingerprint density at radius 3 is 1.48 bits per heavy atom. The fraction of sp³-hybridized carbons (Fsp3) is 0.526. The van der Waals surface area contributed by atoms with Crippen molar-refractivity contribution in [3.63, 3.8) is 0 Å². The third-order valence-corrected chi connectivity index (χ3v) is 6.26. The summed E-state index contributed by atoms with van der Waals surface area (Å²) in [5.41, 5.74) is 5.99. The molecule has 0 aromatic heterocycles. The van der Waals surface area contributed by atoms with Crippen molar-refractivity contribution >= 4 is 48.2 Å². The Labute approximate surface area is 313 Å². The van der Waals surface area contributed by atoms with E-state index in [1.807, 2.05) is 81.4 Å². The molecule has 4 atom stereocenters. The average molecular weight is 753 g/mol. The van der Waals surface area contributed by atoms with Gasteiger partial charge in [0.2, 0.25) is 0 Å². The number of carboxylic acid groups (broad SMARTS) is 1. The Morgan fingerprint density at radius 1 is 0.673 bits per heavy atom. The largest absolute Gasteiger partial charge is 0.481 e. The van der Waals surface area contributed by atoms with E-state index < -0.39 is 59.1 Å². The molecule has 0 radical (unpaired) electrons. The number of carbonyl (C=O) groups is 6. The molecule has 292 valence electrons. The minimum absolute atomic E-state index is 0. The highest BCUT2D eigenvalue weighted by Gasteiger charge is 2.26. The highest BCUT2D eigenvalue weighted by molar-refractivity contribution is 5.90. The van der Waals surface area contributed by atoms with Crippen LogP contribution in [0.1, 0.15) is 93.2 Å². The van der Waals surface area contributed by atoms with Gasteiger partial charge in [0.15, 0.2) is 5.78 Å². The number of alkyl carbamates (subject to hydrolysis) is 1. The van der Waals surface area contributed by atoms with Crippen molar-refractivity contribution in [3.8, 4) is 0 Å². The molecule has 13 nitrogen and oxygen atoms in total. The second-order valence-electron chi connectivity index (χ2n) is 13.9. The van der Waals surface area contributed by atoms with E-state index in [0.29, 0.717) is 0 Å². The zero-order chi connectivity index (χ0) is 39.4. The van der Waals surface area contributed by atoms with Crippen LogP contribution in [0, 0.1) is 11.8 Å². The van der Waals surface area contributed by atoms with Crippen LogP contribution in [-0.2, 0) is 56.1 Å². The van der Waals surface area contributed by atoms with Crippen molar-refractivity contribution in [3.05, 3.63) is 71.8 Å². The maximum atomic E-state index is 12.2. The lowest BCUT2D eigenvalue weighted by molar-refractivity contribution is -0.160. The summed E-state index contributed by atoms with van der Waals surface area (Å²) in [5, 5.41) is 11.1. The quantitative estimate of drug-likeness (QED) is 0.156. The van der Waals surface area contributed by atoms with Crippen LogP contribution in [-0.4, -0.2) is 64.1 Å². The number of nitrogens with one attached hydrogen (secondary N) is 1. The Bertz CT molecular complexity index is 1390. The molecule has 0 heterocycles. The maximum absolute atomic E-state index is 12.2. The lowest BCUT2D eigenvalue weighted by atomic mass is 10.0. The number of hydrogen-bond donors (Lipinski definition) is 3. The SMILES string of the molecule is C[C@@H](N)C(=O)OC(C)(C)C.C[C@H](CC(=O)OCc1ccccc1)C(=O)O.C[C@H](NC(=O)OCc1ccccc1)C(=O)C[C@H](C)C(=O)OC(C)(C)C.Cl. The van der Waals surface area contributed by atoms with E-state index in [1.165, 1.54) is 6.92 Å². The summed E-state index contributed by atoms with van der Waals surface area (Å²) < 4.78 is 20.2. The lowest BCUT2D eigenvalue weighted by Gasteiger charge is -2.22. The lowest BCUT2D eigenvalue weighted by Crippen LogP contribution is -2.40. The van der Waals surface area contributed by atoms with E-state index in [0.717, 1.165) is 11.1 Å². The molecule has 2 aromatic carbocycles. The van der Waals surface area contributed by atoms with Gasteiger partial charge in [0, 0.05) is 6.42 Å². The summed E-state index contributed by atoms with van der Waals surface area (Å²) in [5.74, 6) is -3.79. The summed E-state index contributed by atoms with van der Waals surface area (Å²) in [6.07, 6.45) is -0.772. The molecule has 2 aromatic rings. The zero-order valence-corrected chi connectivity index (χ0v) is 32.7. The molecule has 2 rings (SSSR count). The summed E-state index contributed by atoms with van der Waals surface area (Å²) in [6.45, 7) is 17.3. The van der Waals surface area contributed by atoms with E-state index in [9.17, 15) is 28.8 Å². The standard InChI is InChI=1S/C19H27NO5.C12H14O4.C7H15NO2.ClH/c1-13(17(22)25-19(3,4)5)11-16(21)14(2)20-18(23)24-12-15-9-7-6-8-10-15;1-9(12(14)15)7-11(13)16-8-10-5-3-2-4-6-10;1-5(8)6(9)10-7(2,3)4;/h6-10,13-14H,11-12H2,1-5H3,(H,20,23);2-6,9H,7-8H2,1H3,(H,14,15);5H,8H2,1-4H3;1H/t13-,14-;9-;5-;/m011./s1. The van der Waals surface area contributed by atoms with Crippen molar-refractivity contribution < 1.29 is 52.8 Å². The van der Waals surface area contributed by atoms with Crippen LogP contribution in [0.2, 0.25) is 0 Å². The van der Waals surface area contributed by atoms with Gasteiger partial charge in [-0.2, -0.15) is 0 Å². The van der Waals surface area contributed by atoms with Crippen molar-refractivity contribution in [1.29, 1.82) is 0 Å². The molecule has 0 spiro atoms. The number of nitrogens with two attached hydrogens (primary N) is 1. The average Bonchev–Trinajstić information content (AvgIpc) is 3.02. The van der Waals surface area contributed by atoms with Crippen molar-refractivity contribution in [1.82, 2.24) is 5.32 Å². The Balaban J connectivity index is 0. The van der Waals surface area contributed by atoms with Gasteiger partial charge >= 0.3 is 30.0 Å². The third-order valence-electron chi connectivity index (χ3n) is 6.26. The van der Waals surface area contributed by atoms with Crippen LogP contribution in [0.4, 0.5) is 4.79 Å². The van der Waals surface area contributed by atoms with Gasteiger partial charge in [0.05, 0.1) is 24.3 Å². The molecule has 0 saturated heterocycles. The summed E-state index contributed by atoms with van der Waals surface area (Å²) in [4.78, 5) is 68.4. The number of ether oxygens (including phenoxy) is 4. The Kier molecular flexibility index (Phi) is 23.5. The zero-order valence-electron chi connectivity index (χ0n) is 31.9. The summed E-state index contributed by atoms with van der Waals surface area (Å²) >= 11 is 0. The Morgan fingerprint density at radius 2 is 1.10 bits per heavy atom. The molecule has 0 bridgehead atoms. The number of Topliss-reactive ketones (excluding diaryl/α,β-unsaturated/α-hetero) is 1. The number of hydrogen-bond acceptors (Lipinski definition) is 11. The van der Waals surface area contributed by atoms with Gasteiger partial charge in [-0.25, -0.2) is 4.79 Å². The number of carboxylic acids is 1. The summed E-state index contributed by atoms with van der Waals surface area (Å²) in [6, 6.07) is 17.2. The molecule has 0 unspecified atom stereocenters. The number of benzene rings is 2. The van der Waals surface area contributed by atoms with Crippen LogP contribution >= 0.6 is 12.4 Å². The fourth-order valence-electron chi connectivity index (χ4n) is 3.52. The molecule has 0 fully saturated rings. The molecule has 0 aliphatic heterocycles. The first kappa shape index (κ1) is 49.6. The minimum atomic E-state index is -0.989. The van der Waals surface area contributed by atoms with E-state index in [-0.39, 0.29) is 50.2 Å². The van der Waals surface area contributed by atoms with Crippen LogP contribution in [0.25, 0.3) is 0 Å².